The maximum atomic E-state index is 12.1. The Bertz CT molecular complexity index is 721. The van der Waals surface area contributed by atoms with Gasteiger partial charge in [-0.3, -0.25) is 14.6 Å². The van der Waals surface area contributed by atoms with Gasteiger partial charge in [-0.05, 0) is 30.9 Å². The number of carbonyl (C=O) groups excluding carboxylic acids is 1. The highest BCUT2D eigenvalue weighted by molar-refractivity contribution is 5.78. The van der Waals surface area contributed by atoms with Crippen molar-refractivity contribution in [3.05, 3.63) is 36.1 Å². The van der Waals surface area contributed by atoms with E-state index in [4.69, 9.17) is 4.42 Å². The standard InChI is InChI=1S/C20H27N3O2/c1-21(2)20(24)14-22-10-15-7-8-17(12-22)23(11-15)13-18-9-16-5-3-4-6-19(16)25-18/h3-6,9,15,17H,7-8,10-14H2,1-2H3/t15-,17+/m1/s1. The van der Waals surface area contributed by atoms with Gasteiger partial charge in [0.15, 0.2) is 0 Å². The minimum atomic E-state index is 0.199. The molecule has 25 heavy (non-hydrogen) atoms. The van der Waals surface area contributed by atoms with Crippen LogP contribution in [-0.2, 0) is 11.3 Å². The Hall–Kier alpha value is -1.85. The zero-order chi connectivity index (χ0) is 17.4. The summed E-state index contributed by atoms with van der Waals surface area (Å²) in [5, 5.41) is 1.18. The molecule has 2 bridgehead atoms. The zero-order valence-corrected chi connectivity index (χ0v) is 15.1. The third-order valence-corrected chi connectivity index (χ3v) is 5.60. The van der Waals surface area contributed by atoms with Gasteiger partial charge in [-0.25, -0.2) is 0 Å². The molecule has 0 aliphatic carbocycles. The summed E-state index contributed by atoms with van der Waals surface area (Å²) < 4.78 is 6.03. The second-order valence-corrected chi connectivity index (χ2v) is 7.76. The molecule has 134 valence electrons. The van der Waals surface area contributed by atoms with Crippen molar-refractivity contribution in [3.63, 3.8) is 0 Å². The van der Waals surface area contributed by atoms with Crippen LogP contribution in [0.15, 0.2) is 34.7 Å². The predicted molar refractivity (Wildman–Crippen MR) is 98.3 cm³/mol. The Kier molecular flexibility index (Phi) is 4.52. The molecule has 0 radical (unpaired) electrons. The molecule has 0 N–H and O–H groups in total. The van der Waals surface area contributed by atoms with Crippen LogP contribution in [0.4, 0.5) is 0 Å². The second kappa shape index (κ2) is 6.81. The van der Waals surface area contributed by atoms with Gasteiger partial charge in [0.05, 0.1) is 13.1 Å². The number of furan rings is 1. The summed E-state index contributed by atoms with van der Waals surface area (Å²) in [6.45, 7) is 4.53. The highest BCUT2D eigenvalue weighted by atomic mass is 16.3. The number of rotatable bonds is 4. The van der Waals surface area contributed by atoms with Crippen LogP contribution >= 0.6 is 0 Å². The van der Waals surface area contributed by atoms with Crippen LogP contribution in [0.3, 0.4) is 0 Å². The number of likely N-dealkylation sites (N-methyl/N-ethyl adjacent to an activating group) is 1. The number of amides is 1. The Labute approximate surface area is 149 Å². The summed E-state index contributed by atoms with van der Waals surface area (Å²) in [7, 11) is 3.67. The Morgan fingerprint density at radius 3 is 2.84 bits per heavy atom. The van der Waals surface area contributed by atoms with Gasteiger partial charge in [-0.1, -0.05) is 18.2 Å². The molecular weight excluding hydrogens is 314 g/mol. The largest absolute Gasteiger partial charge is 0.460 e. The highest BCUT2D eigenvalue weighted by Gasteiger charge is 2.35. The Morgan fingerprint density at radius 1 is 1.20 bits per heavy atom. The lowest BCUT2D eigenvalue weighted by Crippen LogP contribution is -2.44. The van der Waals surface area contributed by atoms with Crippen LogP contribution in [0, 0.1) is 5.92 Å². The average molecular weight is 341 g/mol. The van der Waals surface area contributed by atoms with Gasteiger partial charge in [0, 0.05) is 45.2 Å². The van der Waals surface area contributed by atoms with Crippen molar-refractivity contribution in [3.8, 4) is 0 Å². The van der Waals surface area contributed by atoms with Crippen molar-refractivity contribution in [2.45, 2.75) is 25.4 Å². The predicted octanol–water partition coefficient (Wildman–Crippen LogP) is 2.42. The summed E-state index contributed by atoms with van der Waals surface area (Å²) in [5.74, 6) is 1.90. The number of benzene rings is 1. The molecule has 2 atom stereocenters. The summed E-state index contributed by atoms with van der Waals surface area (Å²) in [6.07, 6.45) is 2.49. The van der Waals surface area contributed by atoms with Crippen LogP contribution in [0.2, 0.25) is 0 Å². The van der Waals surface area contributed by atoms with Gasteiger partial charge in [0.25, 0.3) is 0 Å². The first-order valence-corrected chi connectivity index (χ1v) is 9.22. The molecular formula is C20H27N3O2. The van der Waals surface area contributed by atoms with Gasteiger partial charge in [-0.15, -0.1) is 0 Å². The van der Waals surface area contributed by atoms with E-state index in [1.54, 1.807) is 4.90 Å². The molecule has 0 spiro atoms. The van der Waals surface area contributed by atoms with E-state index in [0.717, 1.165) is 37.5 Å². The number of hydrogen-bond donors (Lipinski definition) is 0. The molecule has 1 amide bonds. The fraction of sp³-hybridized carbons (Fsp3) is 0.550. The SMILES string of the molecule is CN(C)C(=O)CN1C[C@H]2CC[C@@H](C1)N(Cc1cc3ccccc3o1)C2. The van der Waals surface area contributed by atoms with E-state index in [1.807, 2.05) is 26.2 Å². The minimum Gasteiger partial charge on any atom is -0.460 e. The summed E-state index contributed by atoms with van der Waals surface area (Å²) in [6, 6.07) is 10.9. The van der Waals surface area contributed by atoms with Crippen molar-refractivity contribution in [1.29, 1.82) is 0 Å². The van der Waals surface area contributed by atoms with Gasteiger partial charge >= 0.3 is 0 Å². The van der Waals surface area contributed by atoms with Gasteiger partial charge in [-0.2, -0.15) is 0 Å². The second-order valence-electron chi connectivity index (χ2n) is 7.76. The molecule has 5 heteroatoms. The topological polar surface area (TPSA) is 39.9 Å². The van der Waals surface area contributed by atoms with E-state index in [9.17, 15) is 4.79 Å². The van der Waals surface area contributed by atoms with Gasteiger partial charge in [0.2, 0.25) is 5.91 Å². The number of para-hydroxylation sites is 1. The molecule has 0 saturated carbocycles. The fourth-order valence-electron chi connectivity index (χ4n) is 4.25. The lowest BCUT2D eigenvalue weighted by Gasteiger charge is -2.35. The first kappa shape index (κ1) is 16.6. The van der Waals surface area contributed by atoms with Crippen LogP contribution in [0.25, 0.3) is 11.0 Å². The van der Waals surface area contributed by atoms with E-state index in [0.29, 0.717) is 18.5 Å². The van der Waals surface area contributed by atoms with Crippen molar-refractivity contribution in [1.82, 2.24) is 14.7 Å². The summed E-state index contributed by atoms with van der Waals surface area (Å²) in [5.41, 5.74) is 0.968. The van der Waals surface area contributed by atoms with Crippen LogP contribution in [0.5, 0.6) is 0 Å². The maximum Gasteiger partial charge on any atom is 0.236 e. The van der Waals surface area contributed by atoms with Gasteiger partial charge < -0.3 is 9.32 Å². The molecule has 3 aliphatic heterocycles. The lowest BCUT2D eigenvalue weighted by molar-refractivity contribution is -0.130. The first-order valence-electron chi connectivity index (χ1n) is 9.22. The molecule has 4 heterocycles. The molecule has 1 aromatic heterocycles. The third kappa shape index (κ3) is 3.58. The molecule has 5 nitrogen and oxygen atoms in total. The molecule has 5 rings (SSSR count). The van der Waals surface area contributed by atoms with Crippen molar-refractivity contribution >= 4 is 16.9 Å². The third-order valence-electron chi connectivity index (χ3n) is 5.60. The number of carbonyl (C=O) groups is 1. The minimum absolute atomic E-state index is 0.199. The van der Waals surface area contributed by atoms with E-state index in [-0.39, 0.29) is 5.91 Å². The van der Waals surface area contributed by atoms with E-state index in [1.165, 1.54) is 18.2 Å². The first-order chi connectivity index (χ1) is 12.1. The summed E-state index contributed by atoms with van der Waals surface area (Å²) in [4.78, 5) is 18.7. The highest BCUT2D eigenvalue weighted by Crippen LogP contribution is 2.30. The van der Waals surface area contributed by atoms with Crippen LogP contribution in [0.1, 0.15) is 18.6 Å². The normalized spacial score (nSPS) is 24.6. The van der Waals surface area contributed by atoms with E-state index < -0.39 is 0 Å². The average Bonchev–Trinajstić information content (AvgIpc) is 2.79. The fourth-order valence-corrected chi connectivity index (χ4v) is 4.25. The van der Waals surface area contributed by atoms with E-state index >= 15 is 0 Å². The monoisotopic (exact) mass is 341 g/mol. The number of nitrogens with zero attached hydrogens (tertiary/aromatic N) is 3. The van der Waals surface area contributed by atoms with Crippen LogP contribution < -0.4 is 0 Å². The Morgan fingerprint density at radius 2 is 2.04 bits per heavy atom. The number of hydrogen-bond acceptors (Lipinski definition) is 4. The maximum absolute atomic E-state index is 12.1. The van der Waals surface area contributed by atoms with Crippen molar-refractivity contribution in [2.24, 2.45) is 5.92 Å². The number of piperidine rings is 1. The zero-order valence-electron chi connectivity index (χ0n) is 15.1. The van der Waals surface area contributed by atoms with E-state index in [2.05, 4.69) is 28.0 Å². The van der Waals surface area contributed by atoms with Crippen molar-refractivity contribution < 1.29 is 9.21 Å². The molecule has 3 fully saturated rings. The molecule has 3 saturated heterocycles. The Balaban J connectivity index is 1.46. The van der Waals surface area contributed by atoms with Gasteiger partial charge in [0.1, 0.15) is 11.3 Å². The lowest BCUT2D eigenvalue weighted by atomic mass is 9.95. The number of fused-ring (bicyclic) bond motifs is 5. The molecule has 2 aromatic rings. The summed E-state index contributed by atoms with van der Waals surface area (Å²) >= 11 is 0. The molecule has 1 aromatic carbocycles. The van der Waals surface area contributed by atoms with Crippen molar-refractivity contribution in [2.75, 3.05) is 40.3 Å². The molecule has 3 aliphatic rings. The van der Waals surface area contributed by atoms with Crippen LogP contribution in [-0.4, -0.2) is 66.9 Å². The smallest absolute Gasteiger partial charge is 0.236 e. The molecule has 0 unspecified atom stereocenters. The quantitative estimate of drug-likeness (QED) is 0.856.